The van der Waals surface area contributed by atoms with E-state index < -0.39 is 0 Å². The first-order valence-corrected chi connectivity index (χ1v) is 11.6. The second-order valence-corrected chi connectivity index (χ2v) is 9.40. The number of piperidine rings is 1. The van der Waals surface area contributed by atoms with E-state index >= 15 is 0 Å². The van der Waals surface area contributed by atoms with Gasteiger partial charge in [-0.2, -0.15) is 0 Å². The highest BCUT2D eigenvalue weighted by molar-refractivity contribution is 5.82. The highest BCUT2D eigenvalue weighted by Gasteiger charge is 2.39. The maximum Gasteiger partial charge on any atom is 0.290 e. The fourth-order valence-electron chi connectivity index (χ4n) is 5.63. The number of ether oxygens (including phenoxy) is 1. The molecule has 1 aromatic heterocycles. The van der Waals surface area contributed by atoms with Crippen LogP contribution >= 0.6 is 0 Å². The molecule has 0 spiro atoms. The number of morpholine rings is 1. The van der Waals surface area contributed by atoms with Gasteiger partial charge in [-0.05, 0) is 51.4 Å². The summed E-state index contributed by atoms with van der Waals surface area (Å²) in [5, 5.41) is 6.89. The lowest BCUT2D eigenvalue weighted by atomic mass is 9.82. The summed E-state index contributed by atoms with van der Waals surface area (Å²) in [6.45, 7) is 6.90. The lowest BCUT2D eigenvalue weighted by Crippen LogP contribution is -2.57. The molecule has 3 fully saturated rings. The normalized spacial score (nSPS) is 27.9. The Morgan fingerprint density at radius 2 is 1.94 bits per heavy atom. The fourth-order valence-corrected chi connectivity index (χ4v) is 5.63. The lowest BCUT2D eigenvalue weighted by molar-refractivity contribution is -0.144. The Balaban J connectivity index is 0.000000775. The molecule has 2 bridgehead atoms. The maximum absolute atomic E-state index is 13.2. The number of carbonyl (C=O) groups excluding carboxylic acids is 1. The van der Waals surface area contributed by atoms with Crippen molar-refractivity contribution in [2.45, 2.75) is 44.3 Å². The van der Waals surface area contributed by atoms with Crippen molar-refractivity contribution < 1.29 is 19.4 Å². The minimum Gasteiger partial charge on any atom is -0.483 e. The van der Waals surface area contributed by atoms with Crippen LogP contribution in [0.4, 0.5) is 0 Å². The Bertz CT molecular complexity index is 882. The molecule has 3 saturated heterocycles. The molecule has 5 rings (SSSR count). The SMILES string of the molecule is CN1CCOC[C@@H]1C(=O)N1C[C@@H]2C[C@H](C1)c1ccc(CN3CCCC3)c(=O)n1C2.O=CO. The number of fused-ring (bicyclic) bond motifs is 4. The first-order valence-electron chi connectivity index (χ1n) is 11.6. The highest BCUT2D eigenvalue weighted by Crippen LogP contribution is 2.35. The van der Waals surface area contributed by atoms with E-state index in [1.807, 2.05) is 22.6 Å². The van der Waals surface area contributed by atoms with Gasteiger partial charge < -0.3 is 19.3 Å². The van der Waals surface area contributed by atoms with Crippen molar-refractivity contribution >= 4 is 12.4 Å². The van der Waals surface area contributed by atoms with E-state index in [0.717, 1.165) is 56.9 Å². The summed E-state index contributed by atoms with van der Waals surface area (Å²) in [4.78, 5) is 41.2. The lowest BCUT2D eigenvalue weighted by Gasteiger charge is -2.45. The summed E-state index contributed by atoms with van der Waals surface area (Å²) in [5.41, 5.74) is 2.22. The van der Waals surface area contributed by atoms with Crippen LogP contribution in [0.3, 0.4) is 0 Å². The maximum atomic E-state index is 13.2. The predicted molar refractivity (Wildman–Crippen MR) is 119 cm³/mol. The van der Waals surface area contributed by atoms with Crippen LogP contribution in [0, 0.1) is 5.92 Å². The Kier molecular flexibility index (Phi) is 7.27. The number of carbonyl (C=O) groups is 2. The van der Waals surface area contributed by atoms with E-state index in [9.17, 15) is 9.59 Å². The first-order chi connectivity index (χ1) is 15.5. The van der Waals surface area contributed by atoms with Crippen LogP contribution in [0.25, 0.3) is 0 Å². The average molecular weight is 447 g/mol. The molecule has 4 aliphatic heterocycles. The molecule has 32 heavy (non-hydrogen) atoms. The molecule has 9 nitrogen and oxygen atoms in total. The van der Waals surface area contributed by atoms with Gasteiger partial charge in [-0.25, -0.2) is 0 Å². The van der Waals surface area contributed by atoms with Gasteiger partial charge in [-0.1, -0.05) is 6.07 Å². The van der Waals surface area contributed by atoms with Crippen molar-refractivity contribution in [3.63, 3.8) is 0 Å². The Morgan fingerprint density at radius 3 is 2.66 bits per heavy atom. The monoisotopic (exact) mass is 446 g/mol. The summed E-state index contributed by atoms with van der Waals surface area (Å²) in [6, 6.07) is 4.01. The van der Waals surface area contributed by atoms with Crippen molar-refractivity contribution in [2.75, 3.05) is 53.0 Å². The summed E-state index contributed by atoms with van der Waals surface area (Å²) in [6.07, 6.45) is 3.55. The second kappa shape index (κ2) is 10.1. The van der Waals surface area contributed by atoms with Crippen molar-refractivity contribution in [3.05, 3.63) is 33.7 Å². The minimum atomic E-state index is -0.250. The van der Waals surface area contributed by atoms with Gasteiger partial charge >= 0.3 is 0 Å². The van der Waals surface area contributed by atoms with Crippen LogP contribution in [-0.4, -0.2) is 95.8 Å². The molecule has 5 heterocycles. The zero-order valence-electron chi connectivity index (χ0n) is 18.8. The quantitative estimate of drug-likeness (QED) is 0.673. The van der Waals surface area contributed by atoms with Crippen LogP contribution in [-0.2, 0) is 27.4 Å². The van der Waals surface area contributed by atoms with E-state index in [1.54, 1.807) is 0 Å². The molecule has 4 aliphatic rings. The number of pyridine rings is 1. The summed E-state index contributed by atoms with van der Waals surface area (Å²) < 4.78 is 7.58. The molecule has 1 N–H and O–H groups in total. The molecule has 176 valence electrons. The van der Waals surface area contributed by atoms with Crippen molar-refractivity contribution in [2.24, 2.45) is 5.92 Å². The number of rotatable bonds is 3. The highest BCUT2D eigenvalue weighted by atomic mass is 16.5. The van der Waals surface area contributed by atoms with Crippen LogP contribution < -0.4 is 5.56 Å². The third-order valence-electron chi connectivity index (χ3n) is 7.27. The van der Waals surface area contributed by atoms with E-state index in [4.69, 9.17) is 14.6 Å². The summed E-state index contributed by atoms with van der Waals surface area (Å²) >= 11 is 0. The smallest absolute Gasteiger partial charge is 0.290 e. The van der Waals surface area contributed by atoms with Gasteiger partial charge in [0, 0.05) is 49.9 Å². The summed E-state index contributed by atoms with van der Waals surface area (Å²) in [7, 11) is 2.01. The molecule has 0 unspecified atom stereocenters. The van der Waals surface area contributed by atoms with Crippen LogP contribution in [0.2, 0.25) is 0 Å². The number of hydrogen-bond donors (Lipinski definition) is 1. The second-order valence-electron chi connectivity index (χ2n) is 9.40. The van der Waals surface area contributed by atoms with Gasteiger partial charge in [0.1, 0.15) is 6.04 Å². The van der Waals surface area contributed by atoms with Gasteiger partial charge in [0.05, 0.1) is 13.2 Å². The van der Waals surface area contributed by atoms with E-state index in [2.05, 4.69) is 15.9 Å². The van der Waals surface area contributed by atoms with Gasteiger partial charge in [-0.3, -0.25) is 24.2 Å². The number of likely N-dealkylation sites (N-methyl/N-ethyl adjacent to an activating group) is 1. The largest absolute Gasteiger partial charge is 0.483 e. The number of nitrogens with zero attached hydrogens (tertiary/aromatic N) is 4. The van der Waals surface area contributed by atoms with Crippen molar-refractivity contribution in [3.8, 4) is 0 Å². The predicted octanol–water partition coefficient (Wildman–Crippen LogP) is 0.421. The van der Waals surface area contributed by atoms with E-state index in [1.165, 1.54) is 12.8 Å². The Hall–Kier alpha value is -2.23. The first kappa shape index (κ1) is 22.9. The molecular weight excluding hydrogens is 412 g/mol. The van der Waals surface area contributed by atoms with Crippen molar-refractivity contribution in [1.29, 1.82) is 0 Å². The third kappa shape index (κ3) is 4.74. The zero-order chi connectivity index (χ0) is 22.7. The van der Waals surface area contributed by atoms with Gasteiger partial charge in [-0.15, -0.1) is 0 Å². The molecule has 0 radical (unpaired) electrons. The Morgan fingerprint density at radius 1 is 1.19 bits per heavy atom. The molecule has 1 amide bonds. The molecule has 0 saturated carbocycles. The van der Waals surface area contributed by atoms with Crippen LogP contribution in [0.1, 0.15) is 36.4 Å². The molecule has 1 aromatic rings. The standard InChI is InChI=1S/C22H32N4O3.CH2O2/c1-23-8-9-29-15-20(23)22(28)25-11-16-10-18(14-25)19-5-4-17(21(27)26(19)12-16)13-24-6-2-3-7-24;2-1-3/h4-5,16,18,20H,2-3,6-15H2,1H3;1H,(H,2,3)/t16-,18+,20+;/m0./s1. The number of amides is 1. The van der Waals surface area contributed by atoms with Crippen LogP contribution in [0.15, 0.2) is 16.9 Å². The zero-order valence-corrected chi connectivity index (χ0v) is 18.8. The molecule has 0 aliphatic carbocycles. The summed E-state index contributed by atoms with van der Waals surface area (Å²) in [5.74, 6) is 0.804. The van der Waals surface area contributed by atoms with Gasteiger partial charge in [0.25, 0.3) is 12.0 Å². The van der Waals surface area contributed by atoms with Gasteiger partial charge in [0.2, 0.25) is 5.91 Å². The fraction of sp³-hybridized carbons (Fsp3) is 0.696. The number of likely N-dealkylation sites (tertiary alicyclic amines) is 2. The van der Waals surface area contributed by atoms with Crippen LogP contribution in [0.5, 0.6) is 0 Å². The van der Waals surface area contributed by atoms with Crippen molar-refractivity contribution in [1.82, 2.24) is 19.3 Å². The third-order valence-corrected chi connectivity index (χ3v) is 7.27. The number of hydrogen-bond acceptors (Lipinski definition) is 6. The average Bonchev–Trinajstić information content (AvgIpc) is 3.29. The Labute approximate surface area is 188 Å². The number of aromatic nitrogens is 1. The molecule has 9 heteroatoms. The van der Waals surface area contributed by atoms with E-state index in [0.29, 0.717) is 25.7 Å². The molecular formula is C23H34N4O5. The molecule has 0 aromatic carbocycles. The topological polar surface area (TPSA) is 95.3 Å². The molecule has 3 atom stereocenters. The minimum absolute atomic E-state index is 0.174. The number of carboxylic acid groups (broad SMARTS) is 1. The van der Waals surface area contributed by atoms with E-state index in [-0.39, 0.29) is 29.9 Å². The van der Waals surface area contributed by atoms with Gasteiger partial charge in [0.15, 0.2) is 0 Å².